The summed E-state index contributed by atoms with van der Waals surface area (Å²) in [6.07, 6.45) is 0. The molecule has 0 saturated carbocycles. The van der Waals surface area contributed by atoms with Gasteiger partial charge in [0.1, 0.15) is 5.75 Å². The average Bonchev–Trinajstić information content (AvgIpc) is 2.88. The number of likely N-dealkylation sites (tertiary alicyclic amines) is 1. The zero-order chi connectivity index (χ0) is 11.8. The number of carbonyl (C=O) groups excluding carboxylic acids is 1. The molecule has 1 aromatic rings. The van der Waals surface area contributed by atoms with Gasteiger partial charge in [0.15, 0.2) is 0 Å². The van der Waals surface area contributed by atoms with E-state index in [-0.39, 0.29) is 11.7 Å². The fourth-order valence-electron chi connectivity index (χ4n) is 2.85. The molecule has 2 heterocycles. The van der Waals surface area contributed by atoms with Crippen LogP contribution in [0, 0.1) is 11.8 Å². The number of nitrogens with zero attached hydrogens (tertiary/aromatic N) is 1. The van der Waals surface area contributed by atoms with Gasteiger partial charge in [-0.25, -0.2) is 0 Å². The Labute approximate surface area is 100 Å². The summed E-state index contributed by atoms with van der Waals surface area (Å²) in [4.78, 5) is 14.1. The molecule has 0 spiro atoms. The summed E-state index contributed by atoms with van der Waals surface area (Å²) in [7, 11) is 0. The van der Waals surface area contributed by atoms with Crippen molar-refractivity contribution in [3.63, 3.8) is 0 Å². The van der Waals surface area contributed by atoms with Gasteiger partial charge in [0.05, 0.1) is 5.56 Å². The van der Waals surface area contributed by atoms with Crippen LogP contribution in [0.25, 0.3) is 0 Å². The fraction of sp³-hybridized carbons (Fsp3) is 0.462. The van der Waals surface area contributed by atoms with Gasteiger partial charge in [0.25, 0.3) is 5.91 Å². The molecular formula is C13H16N2O2. The van der Waals surface area contributed by atoms with Crippen molar-refractivity contribution in [2.24, 2.45) is 11.8 Å². The zero-order valence-electron chi connectivity index (χ0n) is 9.60. The summed E-state index contributed by atoms with van der Waals surface area (Å²) < 4.78 is 0. The first-order valence-electron chi connectivity index (χ1n) is 6.03. The number of carbonyl (C=O) groups is 1. The van der Waals surface area contributed by atoms with Crippen molar-refractivity contribution >= 4 is 5.91 Å². The molecule has 2 N–H and O–H groups in total. The predicted octanol–water partition coefficient (Wildman–Crippen LogP) is 0.684. The highest BCUT2D eigenvalue weighted by Crippen LogP contribution is 2.28. The third kappa shape index (κ3) is 1.78. The molecule has 90 valence electrons. The minimum absolute atomic E-state index is 0.0440. The van der Waals surface area contributed by atoms with Crippen molar-refractivity contribution in [2.45, 2.75) is 0 Å². The van der Waals surface area contributed by atoms with Crippen LogP contribution in [0.2, 0.25) is 0 Å². The number of benzene rings is 1. The molecule has 1 amide bonds. The van der Waals surface area contributed by atoms with E-state index in [4.69, 9.17) is 0 Å². The molecule has 0 radical (unpaired) electrons. The molecule has 2 aliphatic rings. The standard InChI is InChI=1S/C13H16N2O2/c16-12-4-2-1-3-11(12)13(17)15-7-9-5-14-6-10(9)8-15/h1-4,9-10,14,16H,5-8H2/t9-,10+. The first-order chi connectivity index (χ1) is 8.25. The van der Waals surface area contributed by atoms with Crippen LogP contribution in [-0.4, -0.2) is 42.1 Å². The van der Waals surface area contributed by atoms with Crippen LogP contribution in [0.5, 0.6) is 5.75 Å². The van der Waals surface area contributed by atoms with Crippen molar-refractivity contribution in [3.05, 3.63) is 29.8 Å². The van der Waals surface area contributed by atoms with Gasteiger partial charge in [-0.3, -0.25) is 4.79 Å². The number of amides is 1. The molecule has 3 rings (SSSR count). The van der Waals surface area contributed by atoms with E-state index in [2.05, 4.69) is 5.32 Å². The lowest BCUT2D eigenvalue weighted by Gasteiger charge is -2.18. The number of aromatic hydroxyl groups is 1. The van der Waals surface area contributed by atoms with E-state index >= 15 is 0 Å². The Balaban J connectivity index is 1.78. The Morgan fingerprint density at radius 2 is 1.88 bits per heavy atom. The molecular weight excluding hydrogens is 216 g/mol. The van der Waals surface area contributed by atoms with E-state index in [0.717, 1.165) is 26.2 Å². The lowest BCUT2D eigenvalue weighted by molar-refractivity contribution is 0.0778. The zero-order valence-corrected chi connectivity index (χ0v) is 9.60. The van der Waals surface area contributed by atoms with E-state index in [0.29, 0.717) is 17.4 Å². The number of fused-ring (bicyclic) bond motifs is 1. The quantitative estimate of drug-likeness (QED) is 0.749. The highest BCUT2D eigenvalue weighted by Gasteiger charge is 2.38. The van der Waals surface area contributed by atoms with E-state index < -0.39 is 0 Å². The first kappa shape index (κ1) is 10.6. The summed E-state index contributed by atoms with van der Waals surface area (Å²) in [6, 6.07) is 6.76. The maximum Gasteiger partial charge on any atom is 0.257 e. The molecule has 2 fully saturated rings. The topological polar surface area (TPSA) is 52.6 Å². The van der Waals surface area contributed by atoms with Gasteiger partial charge < -0.3 is 15.3 Å². The molecule has 0 bridgehead atoms. The lowest BCUT2D eigenvalue weighted by Crippen LogP contribution is -2.31. The maximum atomic E-state index is 12.2. The van der Waals surface area contributed by atoms with E-state index in [1.165, 1.54) is 0 Å². The Morgan fingerprint density at radius 3 is 2.53 bits per heavy atom. The van der Waals surface area contributed by atoms with Crippen molar-refractivity contribution in [1.82, 2.24) is 10.2 Å². The second kappa shape index (κ2) is 4.04. The maximum absolute atomic E-state index is 12.2. The number of hydrogen-bond acceptors (Lipinski definition) is 3. The average molecular weight is 232 g/mol. The summed E-state index contributed by atoms with van der Waals surface area (Å²) in [5.74, 6) is 1.21. The van der Waals surface area contributed by atoms with Crippen LogP contribution in [-0.2, 0) is 0 Å². The molecule has 4 nitrogen and oxygen atoms in total. The van der Waals surface area contributed by atoms with Gasteiger partial charge in [0, 0.05) is 26.2 Å². The van der Waals surface area contributed by atoms with Crippen molar-refractivity contribution in [2.75, 3.05) is 26.2 Å². The summed E-state index contributed by atoms with van der Waals surface area (Å²) in [5, 5.41) is 13.0. The normalized spacial score (nSPS) is 27.2. The largest absolute Gasteiger partial charge is 0.507 e. The smallest absolute Gasteiger partial charge is 0.257 e. The van der Waals surface area contributed by atoms with Crippen LogP contribution < -0.4 is 5.32 Å². The van der Waals surface area contributed by atoms with Gasteiger partial charge in [-0.05, 0) is 24.0 Å². The van der Waals surface area contributed by atoms with Crippen LogP contribution in [0.3, 0.4) is 0 Å². The molecule has 2 atom stereocenters. The Hall–Kier alpha value is -1.55. The van der Waals surface area contributed by atoms with Crippen LogP contribution in [0.4, 0.5) is 0 Å². The second-order valence-electron chi connectivity index (χ2n) is 4.91. The second-order valence-corrected chi connectivity index (χ2v) is 4.91. The van der Waals surface area contributed by atoms with E-state index in [1.807, 2.05) is 4.90 Å². The molecule has 1 aromatic carbocycles. The van der Waals surface area contributed by atoms with Crippen LogP contribution in [0.1, 0.15) is 10.4 Å². The fourth-order valence-corrected chi connectivity index (χ4v) is 2.85. The first-order valence-corrected chi connectivity index (χ1v) is 6.03. The summed E-state index contributed by atoms with van der Waals surface area (Å²) in [5.41, 5.74) is 0.417. The SMILES string of the molecule is O=C(c1ccccc1O)N1C[C@H]2CNC[C@H]2C1. The number of nitrogens with one attached hydrogen (secondary N) is 1. The van der Waals surface area contributed by atoms with Crippen LogP contribution in [0.15, 0.2) is 24.3 Å². The van der Waals surface area contributed by atoms with Gasteiger partial charge in [-0.2, -0.15) is 0 Å². The summed E-state index contributed by atoms with van der Waals surface area (Å²) >= 11 is 0. The molecule has 17 heavy (non-hydrogen) atoms. The van der Waals surface area contributed by atoms with E-state index in [1.54, 1.807) is 24.3 Å². The molecule has 0 unspecified atom stereocenters. The molecule has 2 aliphatic heterocycles. The minimum atomic E-state index is -0.0440. The molecule has 0 aliphatic carbocycles. The van der Waals surface area contributed by atoms with E-state index in [9.17, 15) is 9.90 Å². The van der Waals surface area contributed by atoms with Crippen LogP contribution >= 0.6 is 0 Å². The third-order valence-corrected chi connectivity index (χ3v) is 3.81. The predicted molar refractivity (Wildman–Crippen MR) is 63.9 cm³/mol. The number of para-hydroxylation sites is 1. The highest BCUT2D eigenvalue weighted by molar-refractivity contribution is 5.97. The van der Waals surface area contributed by atoms with Crippen molar-refractivity contribution < 1.29 is 9.90 Å². The summed E-state index contributed by atoms with van der Waals surface area (Å²) in [6.45, 7) is 3.64. The van der Waals surface area contributed by atoms with Gasteiger partial charge >= 0.3 is 0 Å². The van der Waals surface area contributed by atoms with Crippen molar-refractivity contribution in [3.8, 4) is 5.75 Å². The van der Waals surface area contributed by atoms with Gasteiger partial charge in [0.2, 0.25) is 0 Å². The number of phenolic OH excluding ortho intramolecular Hbond substituents is 1. The number of hydrogen-bond donors (Lipinski definition) is 2. The molecule has 2 saturated heterocycles. The monoisotopic (exact) mass is 232 g/mol. The Bertz CT molecular complexity index is 435. The minimum Gasteiger partial charge on any atom is -0.507 e. The number of rotatable bonds is 1. The van der Waals surface area contributed by atoms with Crippen molar-refractivity contribution in [1.29, 1.82) is 0 Å². The lowest BCUT2D eigenvalue weighted by atomic mass is 10.0. The van der Waals surface area contributed by atoms with Gasteiger partial charge in [-0.1, -0.05) is 12.1 Å². The Kier molecular flexibility index (Phi) is 2.52. The molecule has 4 heteroatoms. The highest BCUT2D eigenvalue weighted by atomic mass is 16.3. The molecule has 0 aromatic heterocycles. The Morgan fingerprint density at radius 1 is 1.24 bits per heavy atom. The number of phenols is 1. The van der Waals surface area contributed by atoms with Gasteiger partial charge in [-0.15, -0.1) is 0 Å². The third-order valence-electron chi connectivity index (χ3n) is 3.81.